The number of aryl methyl sites for hydroxylation is 1. The van der Waals surface area contributed by atoms with Gasteiger partial charge in [0.1, 0.15) is 0 Å². The molecule has 0 spiro atoms. The first-order valence-corrected chi connectivity index (χ1v) is 7.92. The lowest BCUT2D eigenvalue weighted by molar-refractivity contribution is -0.121. The summed E-state index contributed by atoms with van der Waals surface area (Å²) in [4.78, 5) is 15.9. The lowest BCUT2D eigenvalue weighted by atomic mass is 10.2. The molecule has 0 atom stereocenters. The van der Waals surface area contributed by atoms with Crippen LogP contribution in [0.2, 0.25) is 5.02 Å². The van der Waals surface area contributed by atoms with Crippen molar-refractivity contribution in [3.8, 4) is 11.4 Å². The normalized spacial score (nSPS) is 10.6. The van der Waals surface area contributed by atoms with Crippen molar-refractivity contribution in [2.75, 3.05) is 6.54 Å². The number of benzene rings is 1. The highest BCUT2D eigenvalue weighted by Crippen LogP contribution is 2.25. The summed E-state index contributed by atoms with van der Waals surface area (Å²) in [5, 5.41) is 7.41. The number of unbranched alkanes of at least 4 members (excludes halogenated alkanes) is 1. The van der Waals surface area contributed by atoms with Crippen LogP contribution >= 0.6 is 11.6 Å². The first kappa shape index (κ1) is 16.5. The summed E-state index contributed by atoms with van der Waals surface area (Å²) in [5.74, 6) is 1.07. The smallest absolute Gasteiger partial charge is 0.226 e. The number of aromatic nitrogens is 2. The van der Waals surface area contributed by atoms with Gasteiger partial charge in [0.15, 0.2) is 0 Å². The van der Waals surface area contributed by atoms with Crippen LogP contribution in [0.1, 0.15) is 38.5 Å². The fourth-order valence-corrected chi connectivity index (χ4v) is 2.22. The van der Waals surface area contributed by atoms with Crippen molar-refractivity contribution < 1.29 is 9.32 Å². The Morgan fingerprint density at radius 1 is 1.32 bits per heavy atom. The molecule has 0 aliphatic carbocycles. The molecule has 0 unspecified atom stereocenters. The van der Waals surface area contributed by atoms with Crippen LogP contribution in [-0.2, 0) is 11.2 Å². The highest BCUT2D eigenvalue weighted by molar-refractivity contribution is 6.33. The van der Waals surface area contributed by atoms with Gasteiger partial charge in [0, 0.05) is 24.9 Å². The van der Waals surface area contributed by atoms with Crippen molar-refractivity contribution >= 4 is 17.5 Å². The minimum atomic E-state index is 0.0688. The van der Waals surface area contributed by atoms with Gasteiger partial charge < -0.3 is 9.84 Å². The fourth-order valence-electron chi connectivity index (χ4n) is 2.00. The number of rotatable bonds is 8. The van der Waals surface area contributed by atoms with E-state index in [1.165, 1.54) is 0 Å². The molecule has 0 radical (unpaired) electrons. The molecule has 0 saturated heterocycles. The average molecular weight is 322 g/mol. The summed E-state index contributed by atoms with van der Waals surface area (Å²) in [6.45, 7) is 2.84. The van der Waals surface area contributed by atoms with E-state index in [0.29, 0.717) is 36.0 Å². The Morgan fingerprint density at radius 2 is 2.14 bits per heavy atom. The summed E-state index contributed by atoms with van der Waals surface area (Å²) in [6, 6.07) is 7.35. The van der Waals surface area contributed by atoms with Crippen LogP contribution in [0.3, 0.4) is 0 Å². The Kier molecular flexibility index (Phi) is 6.40. The van der Waals surface area contributed by atoms with Gasteiger partial charge in [0.2, 0.25) is 17.6 Å². The van der Waals surface area contributed by atoms with E-state index >= 15 is 0 Å². The molecule has 1 aromatic carbocycles. The molecular weight excluding hydrogens is 302 g/mol. The third-order valence-corrected chi connectivity index (χ3v) is 3.56. The maximum absolute atomic E-state index is 11.6. The van der Waals surface area contributed by atoms with Gasteiger partial charge in [-0.3, -0.25) is 4.79 Å². The van der Waals surface area contributed by atoms with Crippen molar-refractivity contribution in [1.82, 2.24) is 15.5 Å². The summed E-state index contributed by atoms with van der Waals surface area (Å²) >= 11 is 6.10. The molecule has 0 aliphatic heterocycles. The molecule has 2 aromatic rings. The molecule has 22 heavy (non-hydrogen) atoms. The highest BCUT2D eigenvalue weighted by atomic mass is 35.5. The number of nitrogens with zero attached hydrogens (tertiary/aromatic N) is 2. The number of carbonyl (C=O) groups is 1. The number of hydrogen-bond donors (Lipinski definition) is 1. The zero-order valence-corrected chi connectivity index (χ0v) is 13.4. The molecule has 0 bridgehead atoms. The van der Waals surface area contributed by atoms with Gasteiger partial charge in [-0.1, -0.05) is 42.2 Å². The van der Waals surface area contributed by atoms with E-state index in [1.807, 2.05) is 18.2 Å². The summed E-state index contributed by atoms with van der Waals surface area (Å²) in [5.41, 5.74) is 0.747. The Labute approximate surface area is 135 Å². The maximum atomic E-state index is 11.6. The third kappa shape index (κ3) is 4.84. The van der Waals surface area contributed by atoms with E-state index in [1.54, 1.807) is 6.07 Å². The molecule has 0 aliphatic rings. The van der Waals surface area contributed by atoms with Crippen LogP contribution in [0.4, 0.5) is 0 Å². The number of amides is 1. The van der Waals surface area contributed by atoms with Crippen LogP contribution in [0.15, 0.2) is 28.8 Å². The average Bonchev–Trinajstić information content (AvgIpc) is 2.97. The quantitative estimate of drug-likeness (QED) is 0.754. The van der Waals surface area contributed by atoms with Gasteiger partial charge >= 0.3 is 0 Å². The lowest BCUT2D eigenvalue weighted by Gasteiger charge is -2.02. The molecular formula is C16H20ClN3O2. The Morgan fingerprint density at radius 3 is 2.91 bits per heavy atom. The molecule has 0 fully saturated rings. The molecule has 0 saturated carbocycles. The SMILES string of the molecule is CCCCNC(=O)CCCc1nc(-c2ccccc2Cl)no1. The van der Waals surface area contributed by atoms with Gasteiger partial charge in [-0.05, 0) is 25.0 Å². The van der Waals surface area contributed by atoms with Gasteiger partial charge in [-0.15, -0.1) is 0 Å². The summed E-state index contributed by atoms with van der Waals surface area (Å²) in [6.07, 6.45) is 3.82. The van der Waals surface area contributed by atoms with E-state index in [-0.39, 0.29) is 5.91 Å². The second-order valence-electron chi connectivity index (χ2n) is 5.05. The van der Waals surface area contributed by atoms with Crippen molar-refractivity contribution in [1.29, 1.82) is 0 Å². The van der Waals surface area contributed by atoms with Gasteiger partial charge in [-0.25, -0.2) is 0 Å². The molecule has 1 N–H and O–H groups in total. The van der Waals surface area contributed by atoms with E-state index in [0.717, 1.165) is 24.9 Å². The molecule has 118 valence electrons. The minimum Gasteiger partial charge on any atom is -0.356 e. The second kappa shape index (κ2) is 8.54. The van der Waals surface area contributed by atoms with Crippen LogP contribution in [0.25, 0.3) is 11.4 Å². The summed E-state index contributed by atoms with van der Waals surface area (Å²) in [7, 11) is 0. The van der Waals surface area contributed by atoms with Gasteiger partial charge in [0.25, 0.3) is 0 Å². The maximum Gasteiger partial charge on any atom is 0.226 e. The monoisotopic (exact) mass is 321 g/mol. The highest BCUT2D eigenvalue weighted by Gasteiger charge is 2.11. The molecule has 1 heterocycles. The zero-order chi connectivity index (χ0) is 15.8. The number of halogens is 1. The molecule has 6 heteroatoms. The van der Waals surface area contributed by atoms with Crippen LogP contribution in [0.5, 0.6) is 0 Å². The molecule has 1 amide bonds. The van der Waals surface area contributed by atoms with Crippen molar-refractivity contribution in [2.24, 2.45) is 0 Å². The fraction of sp³-hybridized carbons (Fsp3) is 0.438. The topological polar surface area (TPSA) is 68.0 Å². The first-order chi connectivity index (χ1) is 10.7. The van der Waals surface area contributed by atoms with Crippen LogP contribution in [0, 0.1) is 0 Å². The molecule has 5 nitrogen and oxygen atoms in total. The van der Waals surface area contributed by atoms with Gasteiger partial charge in [0.05, 0.1) is 5.02 Å². The largest absolute Gasteiger partial charge is 0.356 e. The van der Waals surface area contributed by atoms with Crippen LogP contribution in [-0.4, -0.2) is 22.6 Å². The third-order valence-electron chi connectivity index (χ3n) is 3.23. The second-order valence-corrected chi connectivity index (χ2v) is 5.46. The lowest BCUT2D eigenvalue weighted by Crippen LogP contribution is -2.23. The minimum absolute atomic E-state index is 0.0688. The standard InChI is InChI=1S/C16H20ClN3O2/c1-2-3-11-18-14(21)9-6-10-15-19-16(20-22-15)12-7-4-5-8-13(12)17/h4-5,7-8H,2-3,6,9-11H2,1H3,(H,18,21). The van der Waals surface area contributed by atoms with Crippen molar-refractivity contribution in [3.05, 3.63) is 35.2 Å². The van der Waals surface area contributed by atoms with Crippen LogP contribution < -0.4 is 5.32 Å². The van der Waals surface area contributed by atoms with Crippen molar-refractivity contribution in [3.63, 3.8) is 0 Å². The zero-order valence-electron chi connectivity index (χ0n) is 12.6. The van der Waals surface area contributed by atoms with E-state index in [4.69, 9.17) is 16.1 Å². The molecule has 2 rings (SSSR count). The van der Waals surface area contributed by atoms with Crippen molar-refractivity contribution in [2.45, 2.75) is 39.0 Å². The number of carbonyl (C=O) groups excluding carboxylic acids is 1. The summed E-state index contributed by atoms with van der Waals surface area (Å²) < 4.78 is 5.20. The van der Waals surface area contributed by atoms with E-state index in [2.05, 4.69) is 22.4 Å². The van der Waals surface area contributed by atoms with E-state index < -0.39 is 0 Å². The number of hydrogen-bond acceptors (Lipinski definition) is 4. The predicted octanol–water partition coefficient (Wildman–Crippen LogP) is 3.63. The predicted molar refractivity (Wildman–Crippen MR) is 85.6 cm³/mol. The Balaban J connectivity index is 1.81. The Hall–Kier alpha value is -1.88. The Bertz CT molecular complexity index is 613. The van der Waals surface area contributed by atoms with Gasteiger partial charge in [-0.2, -0.15) is 4.98 Å². The molecule has 1 aromatic heterocycles. The number of nitrogens with one attached hydrogen (secondary N) is 1. The first-order valence-electron chi connectivity index (χ1n) is 7.55. The van der Waals surface area contributed by atoms with E-state index in [9.17, 15) is 4.79 Å².